The third-order valence-electron chi connectivity index (χ3n) is 4.51. The average Bonchev–Trinajstić information content (AvgIpc) is 3.19. The fourth-order valence-electron chi connectivity index (χ4n) is 3.36. The van der Waals surface area contributed by atoms with Crippen molar-refractivity contribution in [3.05, 3.63) is 57.9 Å². The summed E-state index contributed by atoms with van der Waals surface area (Å²) < 4.78 is 1.16. The number of nitrogens with two attached hydrogens (primary N) is 1. The summed E-state index contributed by atoms with van der Waals surface area (Å²) in [5.74, 6) is 0. The van der Waals surface area contributed by atoms with Crippen LogP contribution >= 0.6 is 27.3 Å². The first-order valence-electron chi connectivity index (χ1n) is 8.26. The minimum atomic E-state index is 0.755. The van der Waals surface area contributed by atoms with Gasteiger partial charge in [0.25, 0.3) is 0 Å². The molecule has 0 atom stereocenters. The number of hydrogen-bond acceptors (Lipinski definition) is 2. The zero-order valence-corrected chi connectivity index (χ0v) is 15.7. The van der Waals surface area contributed by atoms with Crippen molar-refractivity contribution >= 4 is 48.9 Å². The lowest BCUT2D eigenvalue weighted by Crippen LogP contribution is -1.99. The predicted octanol–water partition coefficient (Wildman–Crippen LogP) is 6.09. The van der Waals surface area contributed by atoms with E-state index in [9.17, 15) is 0 Å². The van der Waals surface area contributed by atoms with Crippen LogP contribution in [-0.2, 0) is 6.42 Å². The normalized spacial score (nSPS) is 11.6. The summed E-state index contributed by atoms with van der Waals surface area (Å²) in [6, 6.07) is 17.4. The lowest BCUT2D eigenvalue weighted by molar-refractivity contribution is 0.748. The zero-order valence-electron chi connectivity index (χ0n) is 13.3. The van der Waals surface area contributed by atoms with E-state index in [1.165, 1.54) is 37.8 Å². The summed E-state index contributed by atoms with van der Waals surface area (Å²) >= 11 is 5.37. The number of halogens is 1. The van der Waals surface area contributed by atoms with Crippen molar-refractivity contribution in [2.45, 2.75) is 19.3 Å². The fourth-order valence-corrected chi connectivity index (χ4v) is 4.77. The van der Waals surface area contributed by atoms with Gasteiger partial charge in [-0.15, -0.1) is 11.3 Å². The molecule has 4 aromatic rings. The molecule has 2 heterocycles. The van der Waals surface area contributed by atoms with E-state index in [2.05, 4.69) is 69.4 Å². The van der Waals surface area contributed by atoms with Crippen molar-refractivity contribution in [3.63, 3.8) is 0 Å². The Kier molecular flexibility index (Phi) is 4.44. The molecule has 0 saturated heterocycles. The van der Waals surface area contributed by atoms with E-state index in [1.54, 1.807) is 11.3 Å². The van der Waals surface area contributed by atoms with Crippen LogP contribution in [0, 0.1) is 0 Å². The van der Waals surface area contributed by atoms with Gasteiger partial charge in [-0.3, -0.25) is 0 Å². The number of aryl methyl sites for hydroxylation is 1. The van der Waals surface area contributed by atoms with Crippen LogP contribution in [0.25, 0.3) is 32.2 Å². The maximum Gasteiger partial charge on any atom is 0.0705 e. The highest BCUT2D eigenvalue weighted by Gasteiger charge is 2.16. The molecule has 2 aromatic heterocycles. The smallest absolute Gasteiger partial charge is 0.0705 e. The molecule has 2 nitrogen and oxygen atoms in total. The molecule has 0 radical (unpaired) electrons. The molecule has 0 spiro atoms. The van der Waals surface area contributed by atoms with Crippen molar-refractivity contribution in [2.24, 2.45) is 5.73 Å². The molecule has 0 saturated carbocycles. The Morgan fingerprint density at radius 3 is 2.62 bits per heavy atom. The molecule has 3 N–H and O–H groups in total. The molecule has 24 heavy (non-hydrogen) atoms. The van der Waals surface area contributed by atoms with Crippen molar-refractivity contribution in [2.75, 3.05) is 6.54 Å². The van der Waals surface area contributed by atoms with Gasteiger partial charge in [0, 0.05) is 10.8 Å². The van der Waals surface area contributed by atoms with Gasteiger partial charge < -0.3 is 10.7 Å². The van der Waals surface area contributed by atoms with E-state index in [0.29, 0.717) is 0 Å². The first kappa shape index (κ1) is 15.9. The van der Waals surface area contributed by atoms with Gasteiger partial charge in [-0.05, 0) is 64.8 Å². The van der Waals surface area contributed by atoms with Crippen LogP contribution in [0.4, 0.5) is 0 Å². The highest BCUT2D eigenvalue weighted by molar-refractivity contribution is 9.11. The number of unbranched alkanes of at least 4 members (excludes halogenated alkanes) is 1. The summed E-state index contributed by atoms with van der Waals surface area (Å²) in [4.78, 5) is 5.00. The molecule has 0 fully saturated rings. The molecular formula is C20H19BrN2S. The molecule has 4 heteroatoms. The molecule has 0 amide bonds. The first-order valence-corrected chi connectivity index (χ1v) is 9.87. The zero-order chi connectivity index (χ0) is 16.5. The number of hydrogen-bond donors (Lipinski definition) is 2. The van der Waals surface area contributed by atoms with E-state index < -0.39 is 0 Å². The molecular weight excluding hydrogens is 380 g/mol. The van der Waals surface area contributed by atoms with Gasteiger partial charge in [-0.1, -0.05) is 36.4 Å². The number of aromatic nitrogens is 1. The van der Waals surface area contributed by atoms with Crippen LogP contribution in [0.5, 0.6) is 0 Å². The van der Waals surface area contributed by atoms with Gasteiger partial charge in [0.1, 0.15) is 0 Å². The molecule has 4 rings (SSSR count). The maximum atomic E-state index is 5.70. The van der Waals surface area contributed by atoms with E-state index in [0.717, 1.165) is 29.6 Å². The maximum absolute atomic E-state index is 5.70. The Labute approximate surface area is 153 Å². The number of nitrogens with one attached hydrogen (secondary N) is 1. The summed E-state index contributed by atoms with van der Waals surface area (Å²) in [5.41, 5.74) is 9.62. The molecule has 0 aliphatic carbocycles. The minimum absolute atomic E-state index is 0.755. The second-order valence-electron chi connectivity index (χ2n) is 6.04. The average molecular weight is 399 g/mol. The fraction of sp³-hybridized carbons (Fsp3) is 0.200. The summed E-state index contributed by atoms with van der Waals surface area (Å²) in [7, 11) is 0. The summed E-state index contributed by atoms with van der Waals surface area (Å²) in [5, 5.41) is 3.90. The number of benzene rings is 2. The standard InChI is InChI=1S/C20H19BrN2S/c21-18-11-10-17(24-18)20-15(7-3-4-12-22)16-9-8-13-5-1-2-6-14(13)19(16)23-20/h1-2,5-6,8-11,23H,3-4,7,12,22H2. The quantitative estimate of drug-likeness (QED) is 0.392. The largest absolute Gasteiger partial charge is 0.353 e. The number of fused-ring (bicyclic) bond motifs is 3. The number of rotatable bonds is 5. The number of H-pyrrole nitrogens is 1. The molecule has 122 valence electrons. The van der Waals surface area contributed by atoms with Crippen LogP contribution in [-0.4, -0.2) is 11.5 Å². The number of thiophene rings is 1. The van der Waals surface area contributed by atoms with E-state index in [4.69, 9.17) is 5.73 Å². The summed E-state index contributed by atoms with van der Waals surface area (Å²) in [6.45, 7) is 0.755. The Morgan fingerprint density at radius 1 is 0.958 bits per heavy atom. The van der Waals surface area contributed by atoms with Crippen molar-refractivity contribution in [1.82, 2.24) is 4.98 Å². The monoisotopic (exact) mass is 398 g/mol. The van der Waals surface area contributed by atoms with Crippen LogP contribution in [0.1, 0.15) is 18.4 Å². The van der Waals surface area contributed by atoms with E-state index in [1.807, 2.05) is 0 Å². The Hall–Kier alpha value is -1.62. The SMILES string of the molecule is NCCCCc1c(-c2ccc(Br)s2)[nH]c2c1ccc1ccccc12. The van der Waals surface area contributed by atoms with Gasteiger partial charge in [-0.25, -0.2) is 0 Å². The van der Waals surface area contributed by atoms with Gasteiger partial charge >= 0.3 is 0 Å². The lowest BCUT2D eigenvalue weighted by atomic mass is 10.0. The number of aromatic amines is 1. The van der Waals surface area contributed by atoms with E-state index >= 15 is 0 Å². The Balaban J connectivity index is 1.94. The van der Waals surface area contributed by atoms with Crippen LogP contribution < -0.4 is 5.73 Å². The Bertz CT molecular complexity index is 999. The van der Waals surface area contributed by atoms with Crippen LogP contribution in [0.15, 0.2) is 52.3 Å². The van der Waals surface area contributed by atoms with Gasteiger partial charge in [0.05, 0.1) is 19.9 Å². The van der Waals surface area contributed by atoms with Gasteiger partial charge in [0.2, 0.25) is 0 Å². The van der Waals surface area contributed by atoms with Crippen LogP contribution in [0.3, 0.4) is 0 Å². The summed E-state index contributed by atoms with van der Waals surface area (Å²) in [6.07, 6.45) is 3.24. The molecule has 2 aromatic carbocycles. The first-order chi connectivity index (χ1) is 11.8. The second-order valence-corrected chi connectivity index (χ2v) is 8.50. The highest BCUT2D eigenvalue weighted by atomic mass is 79.9. The van der Waals surface area contributed by atoms with Crippen molar-refractivity contribution in [3.8, 4) is 10.6 Å². The molecule has 0 unspecified atom stereocenters. The molecule has 0 bridgehead atoms. The highest BCUT2D eigenvalue weighted by Crippen LogP contribution is 2.38. The Morgan fingerprint density at radius 2 is 1.83 bits per heavy atom. The topological polar surface area (TPSA) is 41.8 Å². The van der Waals surface area contributed by atoms with Crippen molar-refractivity contribution in [1.29, 1.82) is 0 Å². The third kappa shape index (κ3) is 2.79. The van der Waals surface area contributed by atoms with Gasteiger partial charge in [0.15, 0.2) is 0 Å². The van der Waals surface area contributed by atoms with Crippen molar-refractivity contribution < 1.29 is 0 Å². The predicted molar refractivity (Wildman–Crippen MR) is 109 cm³/mol. The van der Waals surface area contributed by atoms with Crippen LogP contribution in [0.2, 0.25) is 0 Å². The van der Waals surface area contributed by atoms with E-state index in [-0.39, 0.29) is 0 Å². The second kappa shape index (κ2) is 6.71. The minimum Gasteiger partial charge on any atom is -0.353 e. The third-order valence-corrected chi connectivity index (χ3v) is 6.15. The molecule has 0 aliphatic rings. The van der Waals surface area contributed by atoms with Gasteiger partial charge in [-0.2, -0.15) is 0 Å². The molecule has 0 aliphatic heterocycles. The lowest BCUT2D eigenvalue weighted by Gasteiger charge is -2.03.